The molecule has 0 saturated heterocycles. The fourth-order valence-corrected chi connectivity index (χ4v) is 1.86. The van der Waals surface area contributed by atoms with Gasteiger partial charge in [-0.2, -0.15) is 0 Å². The third-order valence-corrected chi connectivity index (χ3v) is 2.82. The highest BCUT2D eigenvalue weighted by Crippen LogP contribution is 2.27. The monoisotopic (exact) mass is 222 g/mol. The molecule has 0 amide bonds. The summed E-state index contributed by atoms with van der Waals surface area (Å²) in [5, 5.41) is 9.31. The largest absolute Gasteiger partial charge is 0.481 e. The SMILES string of the molecule is CCCC(CN)(Cc1ccccn1)C(=O)O. The molecule has 0 aromatic carbocycles. The van der Waals surface area contributed by atoms with Gasteiger partial charge in [-0.25, -0.2) is 0 Å². The van der Waals surface area contributed by atoms with E-state index in [-0.39, 0.29) is 6.54 Å². The fraction of sp³-hybridized carbons (Fsp3) is 0.500. The van der Waals surface area contributed by atoms with Gasteiger partial charge in [0, 0.05) is 24.9 Å². The van der Waals surface area contributed by atoms with Crippen molar-refractivity contribution in [1.82, 2.24) is 4.98 Å². The number of nitrogens with zero attached hydrogens (tertiary/aromatic N) is 1. The van der Waals surface area contributed by atoms with Crippen molar-refractivity contribution in [3.63, 3.8) is 0 Å². The molecule has 0 spiro atoms. The van der Waals surface area contributed by atoms with Crippen LogP contribution in [0.1, 0.15) is 25.5 Å². The number of aliphatic carboxylic acids is 1. The Labute approximate surface area is 95.5 Å². The van der Waals surface area contributed by atoms with Crippen LogP contribution in [0.25, 0.3) is 0 Å². The Morgan fingerprint density at radius 2 is 2.31 bits per heavy atom. The van der Waals surface area contributed by atoms with Crippen molar-refractivity contribution in [2.24, 2.45) is 11.1 Å². The highest BCUT2D eigenvalue weighted by Gasteiger charge is 2.36. The molecular weight excluding hydrogens is 204 g/mol. The smallest absolute Gasteiger partial charge is 0.311 e. The summed E-state index contributed by atoms with van der Waals surface area (Å²) in [7, 11) is 0. The Kier molecular flexibility index (Phi) is 4.43. The van der Waals surface area contributed by atoms with E-state index in [1.54, 1.807) is 6.20 Å². The number of carboxylic acid groups (broad SMARTS) is 1. The van der Waals surface area contributed by atoms with E-state index in [4.69, 9.17) is 5.73 Å². The first kappa shape index (κ1) is 12.6. The molecule has 1 aromatic heterocycles. The van der Waals surface area contributed by atoms with Gasteiger partial charge in [0.1, 0.15) is 0 Å². The van der Waals surface area contributed by atoms with Crippen LogP contribution in [0.4, 0.5) is 0 Å². The molecule has 1 atom stereocenters. The predicted molar refractivity (Wildman–Crippen MR) is 62.0 cm³/mol. The lowest BCUT2D eigenvalue weighted by Crippen LogP contribution is -2.40. The van der Waals surface area contributed by atoms with Gasteiger partial charge >= 0.3 is 5.97 Å². The summed E-state index contributed by atoms with van der Waals surface area (Å²) in [5.41, 5.74) is 5.54. The normalized spacial score (nSPS) is 14.4. The summed E-state index contributed by atoms with van der Waals surface area (Å²) >= 11 is 0. The third kappa shape index (κ3) is 2.79. The number of rotatable bonds is 6. The van der Waals surface area contributed by atoms with Crippen LogP contribution in [0.3, 0.4) is 0 Å². The molecule has 0 aliphatic carbocycles. The van der Waals surface area contributed by atoms with Crippen molar-refractivity contribution in [2.75, 3.05) is 6.54 Å². The second-order valence-corrected chi connectivity index (χ2v) is 4.04. The molecule has 1 rings (SSSR count). The number of pyridine rings is 1. The maximum atomic E-state index is 11.3. The van der Waals surface area contributed by atoms with Gasteiger partial charge in [-0.05, 0) is 18.6 Å². The zero-order valence-corrected chi connectivity index (χ0v) is 9.52. The summed E-state index contributed by atoms with van der Waals surface area (Å²) in [6, 6.07) is 5.51. The first-order valence-electron chi connectivity index (χ1n) is 5.48. The molecule has 1 heterocycles. The first-order chi connectivity index (χ1) is 7.64. The van der Waals surface area contributed by atoms with Crippen molar-refractivity contribution < 1.29 is 9.90 Å². The van der Waals surface area contributed by atoms with Gasteiger partial charge in [0.25, 0.3) is 0 Å². The van der Waals surface area contributed by atoms with Gasteiger partial charge in [-0.1, -0.05) is 19.4 Å². The van der Waals surface area contributed by atoms with Crippen LogP contribution >= 0.6 is 0 Å². The molecule has 0 fully saturated rings. The second kappa shape index (κ2) is 5.61. The molecule has 0 radical (unpaired) electrons. The standard InChI is InChI=1S/C12H18N2O2/c1-2-6-12(9-13,11(15)16)8-10-5-3-4-7-14-10/h3-5,7H,2,6,8-9,13H2,1H3,(H,15,16). The van der Waals surface area contributed by atoms with Crippen LogP contribution in [-0.2, 0) is 11.2 Å². The molecular formula is C12H18N2O2. The van der Waals surface area contributed by atoms with E-state index in [9.17, 15) is 9.90 Å². The third-order valence-electron chi connectivity index (χ3n) is 2.82. The Hall–Kier alpha value is -1.42. The molecule has 16 heavy (non-hydrogen) atoms. The number of hydrogen-bond donors (Lipinski definition) is 2. The second-order valence-electron chi connectivity index (χ2n) is 4.04. The van der Waals surface area contributed by atoms with Gasteiger partial charge in [0.15, 0.2) is 0 Å². The van der Waals surface area contributed by atoms with E-state index in [0.717, 1.165) is 12.1 Å². The van der Waals surface area contributed by atoms with Crippen molar-refractivity contribution in [3.8, 4) is 0 Å². The Balaban J connectivity index is 2.90. The van der Waals surface area contributed by atoms with Gasteiger partial charge in [0.05, 0.1) is 5.41 Å². The van der Waals surface area contributed by atoms with E-state index >= 15 is 0 Å². The minimum atomic E-state index is -0.872. The average Bonchev–Trinajstić information content (AvgIpc) is 2.29. The van der Waals surface area contributed by atoms with Gasteiger partial charge in [-0.15, -0.1) is 0 Å². The number of hydrogen-bond acceptors (Lipinski definition) is 3. The van der Waals surface area contributed by atoms with Crippen LogP contribution in [0.2, 0.25) is 0 Å². The highest BCUT2D eigenvalue weighted by atomic mass is 16.4. The van der Waals surface area contributed by atoms with Crippen molar-refractivity contribution >= 4 is 5.97 Å². The van der Waals surface area contributed by atoms with Crippen molar-refractivity contribution in [2.45, 2.75) is 26.2 Å². The zero-order chi connectivity index (χ0) is 12.0. The molecule has 0 aliphatic heterocycles. The molecule has 0 aliphatic rings. The van der Waals surface area contributed by atoms with Crippen LogP contribution < -0.4 is 5.73 Å². The molecule has 3 N–H and O–H groups in total. The Bertz CT molecular complexity index is 340. The fourth-order valence-electron chi connectivity index (χ4n) is 1.86. The minimum absolute atomic E-state index is 0.146. The lowest BCUT2D eigenvalue weighted by molar-refractivity contribution is -0.148. The first-order valence-corrected chi connectivity index (χ1v) is 5.48. The quantitative estimate of drug-likeness (QED) is 0.763. The van der Waals surface area contributed by atoms with E-state index in [1.807, 2.05) is 25.1 Å². The molecule has 1 aromatic rings. The summed E-state index contributed by atoms with van der Waals surface area (Å²) in [6.45, 7) is 2.11. The van der Waals surface area contributed by atoms with Crippen LogP contribution in [0, 0.1) is 5.41 Å². The number of nitrogens with two attached hydrogens (primary N) is 1. The van der Waals surface area contributed by atoms with E-state index in [2.05, 4.69) is 4.98 Å². The maximum absolute atomic E-state index is 11.3. The van der Waals surface area contributed by atoms with E-state index in [1.165, 1.54) is 0 Å². The molecule has 88 valence electrons. The van der Waals surface area contributed by atoms with Crippen molar-refractivity contribution in [3.05, 3.63) is 30.1 Å². The lowest BCUT2D eigenvalue weighted by Gasteiger charge is -2.27. The van der Waals surface area contributed by atoms with Crippen molar-refractivity contribution in [1.29, 1.82) is 0 Å². The van der Waals surface area contributed by atoms with E-state index in [0.29, 0.717) is 12.8 Å². The summed E-state index contributed by atoms with van der Waals surface area (Å²) < 4.78 is 0. The summed E-state index contributed by atoms with van der Waals surface area (Å²) in [5.74, 6) is -0.831. The van der Waals surface area contributed by atoms with E-state index < -0.39 is 11.4 Å². The van der Waals surface area contributed by atoms with Gasteiger partial charge in [0.2, 0.25) is 0 Å². The molecule has 1 unspecified atom stereocenters. The van der Waals surface area contributed by atoms with Crippen LogP contribution in [0.15, 0.2) is 24.4 Å². The number of carbonyl (C=O) groups is 1. The lowest BCUT2D eigenvalue weighted by atomic mass is 9.79. The predicted octanol–water partition coefficient (Wildman–Crippen LogP) is 1.45. The topological polar surface area (TPSA) is 76.2 Å². The van der Waals surface area contributed by atoms with Gasteiger partial charge in [-0.3, -0.25) is 9.78 Å². The highest BCUT2D eigenvalue weighted by molar-refractivity contribution is 5.75. The Morgan fingerprint density at radius 1 is 1.56 bits per heavy atom. The number of carboxylic acids is 1. The van der Waals surface area contributed by atoms with Crippen LogP contribution in [0.5, 0.6) is 0 Å². The molecule has 4 nitrogen and oxygen atoms in total. The van der Waals surface area contributed by atoms with Gasteiger partial charge < -0.3 is 10.8 Å². The summed E-state index contributed by atoms with van der Waals surface area (Å²) in [6.07, 6.45) is 3.45. The van der Waals surface area contributed by atoms with Crippen LogP contribution in [-0.4, -0.2) is 22.6 Å². The Morgan fingerprint density at radius 3 is 2.75 bits per heavy atom. The number of aromatic nitrogens is 1. The average molecular weight is 222 g/mol. The minimum Gasteiger partial charge on any atom is -0.481 e. The maximum Gasteiger partial charge on any atom is 0.311 e. The zero-order valence-electron chi connectivity index (χ0n) is 9.52. The summed E-state index contributed by atoms with van der Waals surface area (Å²) in [4.78, 5) is 15.5. The molecule has 4 heteroatoms. The molecule has 0 bridgehead atoms. The molecule has 0 saturated carbocycles.